The Morgan fingerprint density at radius 1 is 1.28 bits per heavy atom. The first-order valence-corrected chi connectivity index (χ1v) is 8.49. The molecule has 5 nitrogen and oxygen atoms in total. The number of benzene rings is 1. The average molecular weight is 397 g/mol. The van der Waals surface area contributed by atoms with Crippen molar-refractivity contribution in [2.24, 2.45) is 0 Å². The van der Waals surface area contributed by atoms with E-state index in [4.69, 9.17) is 44.6 Å². The van der Waals surface area contributed by atoms with Gasteiger partial charge < -0.3 is 19.8 Å². The van der Waals surface area contributed by atoms with Crippen LogP contribution in [0.3, 0.4) is 0 Å². The van der Waals surface area contributed by atoms with Crippen molar-refractivity contribution >= 4 is 46.5 Å². The van der Waals surface area contributed by atoms with Crippen molar-refractivity contribution in [2.75, 3.05) is 7.11 Å². The van der Waals surface area contributed by atoms with Gasteiger partial charge in [0.2, 0.25) is 0 Å². The quantitative estimate of drug-likeness (QED) is 0.598. The van der Waals surface area contributed by atoms with Gasteiger partial charge in [-0.25, -0.2) is 4.79 Å². The molecule has 2 heterocycles. The van der Waals surface area contributed by atoms with Crippen molar-refractivity contribution in [3.63, 3.8) is 0 Å². The molecular weight excluding hydrogens is 383 g/mol. The number of halogens is 2. The summed E-state index contributed by atoms with van der Waals surface area (Å²) in [7, 11) is 1.33. The minimum atomic E-state index is -0.562. The van der Waals surface area contributed by atoms with Gasteiger partial charge in [0, 0.05) is 16.3 Å². The third-order valence-corrected chi connectivity index (χ3v) is 4.56. The van der Waals surface area contributed by atoms with E-state index in [0.29, 0.717) is 43.5 Å². The van der Waals surface area contributed by atoms with E-state index < -0.39 is 12.0 Å². The Kier molecular flexibility index (Phi) is 5.03. The second-order valence-electron chi connectivity index (χ2n) is 5.39. The highest BCUT2D eigenvalue weighted by Gasteiger charge is 2.32. The molecule has 0 saturated carbocycles. The van der Waals surface area contributed by atoms with Gasteiger partial charge in [0.15, 0.2) is 5.11 Å². The van der Waals surface area contributed by atoms with Crippen molar-refractivity contribution < 1.29 is 13.9 Å². The molecule has 0 fully saturated rings. The fourth-order valence-electron chi connectivity index (χ4n) is 2.63. The summed E-state index contributed by atoms with van der Waals surface area (Å²) in [6.45, 7) is 1.75. The molecule has 0 unspecified atom stereocenters. The van der Waals surface area contributed by atoms with E-state index in [9.17, 15) is 4.79 Å². The normalized spacial score (nSPS) is 17.1. The molecule has 1 aromatic heterocycles. The number of furan rings is 1. The molecule has 0 bridgehead atoms. The lowest BCUT2D eigenvalue weighted by Gasteiger charge is -2.27. The molecule has 0 aliphatic carbocycles. The topological polar surface area (TPSA) is 63.5 Å². The zero-order valence-electron chi connectivity index (χ0n) is 13.4. The summed E-state index contributed by atoms with van der Waals surface area (Å²) in [5.74, 6) is 0.578. The summed E-state index contributed by atoms with van der Waals surface area (Å²) in [5, 5.41) is 7.40. The molecule has 1 atom stereocenters. The number of ether oxygens (including phenoxy) is 1. The summed E-state index contributed by atoms with van der Waals surface area (Å²) in [4.78, 5) is 12.2. The highest BCUT2D eigenvalue weighted by Crippen LogP contribution is 2.35. The van der Waals surface area contributed by atoms with Crippen LogP contribution in [0.2, 0.25) is 10.0 Å². The number of rotatable bonds is 3. The number of hydrogen-bond acceptors (Lipinski definition) is 4. The van der Waals surface area contributed by atoms with Gasteiger partial charge in [0.1, 0.15) is 17.6 Å². The maximum Gasteiger partial charge on any atom is 0.338 e. The Labute approximate surface area is 159 Å². The summed E-state index contributed by atoms with van der Waals surface area (Å²) in [5.41, 5.74) is 1.67. The van der Waals surface area contributed by atoms with Crippen LogP contribution in [0.5, 0.6) is 0 Å². The third kappa shape index (κ3) is 3.51. The molecule has 25 heavy (non-hydrogen) atoms. The number of hydrogen-bond donors (Lipinski definition) is 2. The van der Waals surface area contributed by atoms with Crippen molar-refractivity contribution in [3.05, 3.63) is 57.4 Å². The number of nitrogens with one attached hydrogen (secondary N) is 2. The Hall–Kier alpha value is -2.02. The molecule has 3 rings (SSSR count). The van der Waals surface area contributed by atoms with Crippen LogP contribution in [0.4, 0.5) is 0 Å². The molecule has 1 aromatic carbocycles. The van der Waals surface area contributed by atoms with E-state index in [1.165, 1.54) is 7.11 Å². The predicted molar refractivity (Wildman–Crippen MR) is 100 cm³/mol. The Morgan fingerprint density at radius 3 is 2.76 bits per heavy atom. The van der Waals surface area contributed by atoms with E-state index in [1.807, 2.05) is 0 Å². The number of allylic oxidation sites excluding steroid dienone is 1. The summed E-state index contributed by atoms with van der Waals surface area (Å²) < 4.78 is 10.8. The van der Waals surface area contributed by atoms with Crippen molar-refractivity contribution in [2.45, 2.75) is 13.0 Å². The number of thiocarbonyl (C=S) groups is 1. The largest absolute Gasteiger partial charge is 0.466 e. The van der Waals surface area contributed by atoms with Gasteiger partial charge in [0.25, 0.3) is 0 Å². The Bertz CT molecular complexity index is 892. The number of methoxy groups -OCH3 is 1. The van der Waals surface area contributed by atoms with Crippen LogP contribution in [0.1, 0.15) is 18.7 Å². The van der Waals surface area contributed by atoms with Crippen molar-refractivity contribution in [1.82, 2.24) is 10.6 Å². The second kappa shape index (κ2) is 7.07. The standard InChI is InChI=1S/C17H14Cl2N2O3S/c1-8-14(16(22)23-2)15(21-17(25)20-8)13-6-5-12(24-13)10-7-9(18)3-4-11(10)19/h3-7,15H,1-2H3,(H2,20,21,25)/t15-/m1/s1. The Morgan fingerprint density at radius 2 is 2.04 bits per heavy atom. The fraction of sp³-hybridized carbons (Fsp3) is 0.176. The highest BCUT2D eigenvalue weighted by molar-refractivity contribution is 7.80. The summed E-state index contributed by atoms with van der Waals surface area (Å²) in [6, 6.07) is 8.08. The van der Waals surface area contributed by atoms with Crippen LogP contribution >= 0.6 is 35.4 Å². The maximum atomic E-state index is 12.2. The van der Waals surface area contributed by atoms with E-state index in [-0.39, 0.29) is 0 Å². The zero-order chi connectivity index (χ0) is 18.1. The molecule has 8 heteroatoms. The first-order valence-electron chi connectivity index (χ1n) is 7.32. The summed E-state index contributed by atoms with van der Waals surface area (Å²) >= 11 is 17.4. The van der Waals surface area contributed by atoms with Gasteiger partial charge in [-0.15, -0.1) is 0 Å². The first kappa shape index (κ1) is 17.8. The number of carbonyl (C=O) groups excluding carboxylic acids is 1. The molecule has 2 aromatic rings. The Balaban J connectivity index is 2.03. The molecule has 0 amide bonds. The van der Waals surface area contributed by atoms with Crippen LogP contribution in [-0.4, -0.2) is 18.2 Å². The van der Waals surface area contributed by atoms with E-state index in [2.05, 4.69) is 10.6 Å². The van der Waals surface area contributed by atoms with Crippen molar-refractivity contribution in [3.8, 4) is 11.3 Å². The minimum Gasteiger partial charge on any atom is -0.466 e. The number of esters is 1. The molecule has 0 saturated heterocycles. The first-order chi connectivity index (χ1) is 11.9. The van der Waals surface area contributed by atoms with Gasteiger partial charge in [-0.3, -0.25) is 0 Å². The van der Waals surface area contributed by atoms with E-state index in [0.717, 1.165) is 0 Å². The zero-order valence-corrected chi connectivity index (χ0v) is 15.7. The van der Waals surface area contributed by atoms with E-state index in [1.54, 1.807) is 37.3 Å². The van der Waals surface area contributed by atoms with Crippen molar-refractivity contribution in [1.29, 1.82) is 0 Å². The molecule has 0 radical (unpaired) electrons. The molecule has 1 aliphatic rings. The van der Waals surface area contributed by atoms with Crippen LogP contribution in [-0.2, 0) is 9.53 Å². The van der Waals surface area contributed by atoms with Crippen LogP contribution in [0.25, 0.3) is 11.3 Å². The molecule has 2 N–H and O–H groups in total. The number of carbonyl (C=O) groups is 1. The van der Waals surface area contributed by atoms with Crippen LogP contribution in [0.15, 0.2) is 46.0 Å². The summed E-state index contributed by atoms with van der Waals surface area (Å²) in [6.07, 6.45) is 0. The minimum absolute atomic E-state index is 0.397. The molecule has 1 aliphatic heterocycles. The van der Waals surface area contributed by atoms with Gasteiger partial charge in [-0.05, 0) is 49.5 Å². The lowest BCUT2D eigenvalue weighted by molar-refractivity contribution is -0.136. The van der Waals surface area contributed by atoms with E-state index >= 15 is 0 Å². The fourth-order valence-corrected chi connectivity index (χ4v) is 3.28. The maximum absolute atomic E-state index is 12.2. The lowest BCUT2D eigenvalue weighted by atomic mass is 10.0. The molecule has 130 valence electrons. The van der Waals surface area contributed by atoms with Crippen LogP contribution < -0.4 is 10.6 Å². The third-order valence-electron chi connectivity index (χ3n) is 3.78. The second-order valence-corrected chi connectivity index (χ2v) is 6.64. The van der Waals surface area contributed by atoms with Gasteiger partial charge in [0.05, 0.1) is 17.7 Å². The SMILES string of the molecule is COC(=O)C1=C(C)NC(=S)N[C@@H]1c1ccc(-c2cc(Cl)ccc2Cl)o1. The van der Waals surface area contributed by atoms with Gasteiger partial charge in [-0.1, -0.05) is 23.2 Å². The monoisotopic (exact) mass is 396 g/mol. The highest BCUT2D eigenvalue weighted by atomic mass is 35.5. The van der Waals surface area contributed by atoms with Crippen LogP contribution in [0, 0.1) is 0 Å². The smallest absolute Gasteiger partial charge is 0.338 e. The van der Waals surface area contributed by atoms with Gasteiger partial charge in [-0.2, -0.15) is 0 Å². The van der Waals surface area contributed by atoms with Gasteiger partial charge >= 0.3 is 5.97 Å². The molecular formula is C17H14Cl2N2O3S. The lowest BCUT2D eigenvalue weighted by Crippen LogP contribution is -2.44. The predicted octanol–water partition coefficient (Wildman–Crippen LogP) is 4.22. The average Bonchev–Trinajstić information content (AvgIpc) is 3.05. The molecule has 0 spiro atoms.